The van der Waals surface area contributed by atoms with E-state index in [4.69, 9.17) is 19.7 Å². The highest BCUT2D eigenvalue weighted by Crippen LogP contribution is 2.34. The molecule has 0 fully saturated rings. The number of aryl methyl sites for hydroxylation is 1. The van der Waals surface area contributed by atoms with Gasteiger partial charge in [-0.25, -0.2) is 4.98 Å². The first kappa shape index (κ1) is 26.4. The van der Waals surface area contributed by atoms with E-state index in [0.717, 1.165) is 28.1 Å². The Morgan fingerprint density at radius 3 is 2.58 bits per heavy atom. The third-order valence-electron chi connectivity index (χ3n) is 6.31. The Hall–Kier alpha value is -4.64. The number of hydrogen-bond acceptors (Lipinski definition) is 7. The number of nitrogens with zero attached hydrogens (tertiary/aromatic N) is 5. The SMILES string of the molecule is COc1cc(C)c(-c2nc3ccccc3c(=O)n2N=Cc2ccc(N(C)C)cc2OCC#N)cc1C(C)C. The van der Waals surface area contributed by atoms with E-state index in [0.29, 0.717) is 28.0 Å². The van der Waals surface area contributed by atoms with Crippen molar-refractivity contribution in [2.75, 3.05) is 32.7 Å². The summed E-state index contributed by atoms with van der Waals surface area (Å²) >= 11 is 0. The number of benzene rings is 3. The van der Waals surface area contributed by atoms with Crippen LogP contribution in [0, 0.1) is 18.3 Å². The Morgan fingerprint density at radius 2 is 1.89 bits per heavy atom. The molecule has 0 aliphatic rings. The normalized spacial score (nSPS) is 11.2. The van der Waals surface area contributed by atoms with Gasteiger partial charge in [-0.3, -0.25) is 4.79 Å². The Morgan fingerprint density at radius 1 is 1.13 bits per heavy atom. The highest BCUT2D eigenvalue weighted by Gasteiger charge is 2.18. The molecule has 0 saturated carbocycles. The topological polar surface area (TPSA) is 92.7 Å². The molecule has 3 aromatic carbocycles. The molecular formula is C30H31N5O3. The molecule has 0 atom stereocenters. The number of methoxy groups -OCH3 is 1. The summed E-state index contributed by atoms with van der Waals surface area (Å²) in [6.07, 6.45) is 1.57. The fourth-order valence-electron chi connectivity index (χ4n) is 4.24. The average molecular weight is 510 g/mol. The predicted octanol–water partition coefficient (Wildman–Crippen LogP) is 5.35. The first-order valence-corrected chi connectivity index (χ1v) is 12.3. The second-order valence-electron chi connectivity index (χ2n) is 9.44. The van der Waals surface area contributed by atoms with Gasteiger partial charge in [0.25, 0.3) is 5.56 Å². The number of aromatic nitrogens is 2. The lowest BCUT2D eigenvalue weighted by Crippen LogP contribution is -2.21. The Bertz CT molecular complexity index is 1610. The third kappa shape index (κ3) is 5.23. The van der Waals surface area contributed by atoms with E-state index in [9.17, 15) is 4.79 Å². The van der Waals surface area contributed by atoms with Crippen molar-refractivity contribution in [3.05, 3.63) is 81.6 Å². The number of nitriles is 1. The minimum atomic E-state index is -0.285. The molecule has 0 amide bonds. The number of hydrogen-bond donors (Lipinski definition) is 0. The number of anilines is 1. The van der Waals surface area contributed by atoms with Crippen LogP contribution in [0.4, 0.5) is 5.69 Å². The summed E-state index contributed by atoms with van der Waals surface area (Å²) in [5.41, 5.74) is 4.56. The van der Waals surface area contributed by atoms with Crippen LogP contribution in [0.5, 0.6) is 11.5 Å². The van der Waals surface area contributed by atoms with Crippen LogP contribution in [0.1, 0.15) is 36.5 Å². The fraction of sp³-hybridized carbons (Fsp3) is 0.267. The van der Waals surface area contributed by atoms with Gasteiger partial charge in [-0.2, -0.15) is 15.0 Å². The average Bonchev–Trinajstić information content (AvgIpc) is 2.91. The van der Waals surface area contributed by atoms with Crippen LogP contribution in [-0.2, 0) is 0 Å². The smallest absolute Gasteiger partial charge is 0.282 e. The molecule has 1 heterocycles. The molecule has 1 aromatic heterocycles. The molecular weight excluding hydrogens is 478 g/mol. The third-order valence-corrected chi connectivity index (χ3v) is 6.31. The van der Waals surface area contributed by atoms with Gasteiger partial charge in [0.05, 0.1) is 24.2 Å². The summed E-state index contributed by atoms with van der Waals surface area (Å²) in [6.45, 7) is 6.04. The monoisotopic (exact) mass is 509 g/mol. The molecule has 38 heavy (non-hydrogen) atoms. The zero-order valence-corrected chi connectivity index (χ0v) is 22.5. The van der Waals surface area contributed by atoms with Crippen LogP contribution in [0.15, 0.2) is 64.5 Å². The fourth-order valence-corrected chi connectivity index (χ4v) is 4.24. The molecule has 0 N–H and O–H groups in total. The highest BCUT2D eigenvalue weighted by molar-refractivity contribution is 5.85. The van der Waals surface area contributed by atoms with Gasteiger partial charge in [0.15, 0.2) is 12.4 Å². The summed E-state index contributed by atoms with van der Waals surface area (Å²) in [5, 5.41) is 14.1. The van der Waals surface area contributed by atoms with E-state index >= 15 is 0 Å². The second kappa shape index (κ2) is 11.2. The maximum absolute atomic E-state index is 13.7. The Balaban J connectivity index is 1.95. The molecule has 0 aliphatic carbocycles. The number of fused-ring (bicyclic) bond motifs is 1. The zero-order chi connectivity index (χ0) is 27.4. The van der Waals surface area contributed by atoms with Crippen LogP contribution in [0.25, 0.3) is 22.3 Å². The Kier molecular flexibility index (Phi) is 7.77. The quantitative estimate of drug-likeness (QED) is 0.297. The van der Waals surface area contributed by atoms with Gasteiger partial charge >= 0.3 is 0 Å². The van der Waals surface area contributed by atoms with Crippen LogP contribution < -0.4 is 19.9 Å². The van der Waals surface area contributed by atoms with Gasteiger partial charge in [-0.1, -0.05) is 26.0 Å². The summed E-state index contributed by atoms with van der Waals surface area (Å²) < 4.78 is 12.6. The molecule has 0 spiro atoms. The standard InChI is InChI=1S/C30H31N5O3/c1-19(2)24-17-25(20(3)15-28(24)37-6)29-33-26-10-8-7-9-23(26)30(36)35(29)32-18-21-11-12-22(34(4)5)16-27(21)38-14-13-31/h7-12,15-19H,14H2,1-6H3. The summed E-state index contributed by atoms with van der Waals surface area (Å²) in [4.78, 5) is 20.5. The number of ether oxygens (including phenoxy) is 2. The highest BCUT2D eigenvalue weighted by atomic mass is 16.5. The largest absolute Gasteiger partial charge is 0.496 e. The molecule has 8 nitrogen and oxygen atoms in total. The van der Waals surface area contributed by atoms with E-state index < -0.39 is 0 Å². The molecule has 8 heteroatoms. The van der Waals surface area contributed by atoms with Crippen molar-refractivity contribution < 1.29 is 9.47 Å². The molecule has 0 radical (unpaired) electrons. The van der Waals surface area contributed by atoms with E-state index in [2.05, 4.69) is 18.9 Å². The van der Waals surface area contributed by atoms with Crippen molar-refractivity contribution in [2.45, 2.75) is 26.7 Å². The van der Waals surface area contributed by atoms with Crippen molar-refractivity contribution >= 4 is 22.8 Å². The molecule has 194 valence electrons. The molecule has 0 unspecified atom stereocenters. The van der Waals surface area contributed by atoms with Crippen LogP contribution in [0.2, 0.25) is 0 Å². The van der Waals surface area contributed by atoms with E-state index in [-0.39, 0.29) is 18.1 Å². The predicted molar refractivity (Wildman–Crippen MR) is 152 cm³/mol. The first-order chi connectivity index (χ1) is 18.2. The molecule has 0 saturated heterocycles. The minimum Gasteiger partial charge on any atom is -0.496 e. The summed E-state index contributed by atoms with van der Waals surface area (Å²) in [5.74, 6) is 1.91. The van der Waals surface area contributed by atoms with E-state index in [1.54, 1.807) is 19.4 Å². The maximum atomic E-state index is 13.7. The van der Waals surface area contributed by atoms with Gasteiger partial charge < -0.3 is 14.4 Å². The summed E-state index contributed by atoms with van der Waals surface area (Å²) in [6, 6.07) is 18.8. The van der Waals surface area contributed by atoms with Crippen molar-refractivity contribution in [3.63, 3.8) is 0 Å². The molecule has 0 aliphatic heterocycles. The molecule has 0 bridgehead atoms. The van der Waals surface area contributed by atoms with Crippen molar-refractivity contribution in [1.29, 1.82) is 5.26 Å². The number of para-hydroxylation sites is 1. The first-order valence-electron chi connectivity index (χ1n) is 12.3. The maximum Gasteiger partial charge on any atom is 0.282 e. The second-order valence-corrected chi connectivity index (χ2v) is 9.44. The van der Waals surface area contributed by atoms with Crippen LogP contribution in [0.3, 0.4) is 0 Å². The Labute approximate surface area is 222 Å². The molecule has 4 aromatic rings. The van der Waals surface area contributed by atoms with Gasteiger partial charge in [0, 0.05) is 37.0 Å². The van der Waals surface area contributed by atoms with E-state index in [1.165, 1.54) is 4.68 Å². The van der Waals surface area contributed by atoms with Gasteiger partial charge in [0.2, 0.25) is 0 Å². The lowest BCUT2D eigenvalue weighted by molar-refractivity contribution is 0.367. The molecule has 4 rings (SSSR count). The lowest BCUT2D eigenvalue weighted by atomic mass is 9.96. The minimum absolute atomic E-state index is 0.108. The van der Waals surface area contributed by atoms with Gasteiger partial charge in [-0.05, 0) is 60.4 Å². The van der Waals surface area contributed by atoms with E-state index in [1.807, 2.05) is 80.5 Å². The van der Waals surface area contributed by atoms with Gasteiger partial charge in [-0.15, -0.1) is 0 Å². The van der Waals surface area contributed by atoms with Crippen molar-refractivity contribution in [1.82, 2.24) is 9.66 Å². The lowest BCUT2D eigenvalue weighted by Gasteiger charge is -2.17. The van der Waals surface area contributed by atoms with Gasteiger partial charge in [0.1, 0.15) is 17.6 Å². The number of rotatable bonds is 8. The van der Waals surface area contributed by atoms with Crippen molar-refractivity contribution in [3.8, 4) is 29.0 Å². The van der Waals surface area contributed by atoms with Crippen LogP contribution in [-0.4, -0.2) is 43.7 Å². The zero-order valence-electron chi connectivity index (χ0n) is 22.5. The van der Waals surface area contributed by atoms with Crippen LogP contribution >= 0.6 is 0 Å². The van der Waals surface area contributed by atoms with Crippen molar-refractivity contribution in [2.24, 2.45) is 5.10 Å². The summed E-state index contributed by atoms with van der Waals surface area (Å²) in [7, 11) is 5.50.